The molecule has 0 aromatic carbocycles. The zero-order valence-corrected chi connectivity index (χ0v) is 12.7. The fraction of sp³-hybridized carbons (Fsp3) is 0.600. The van der Waals surface area contributed by atoms with E-state index in [-0.39, 0.29) is 16.4 Å². The van der Waals surface area contributed by atoms with Crippen LogP contribution in [-0.2, 0) is 4.74 Å². The molecule has 1 spiro atoms. The minimum absolute atomic E-state index is 0.0172. The van der Waals surface area contributed by atoms with E-state index in [4.69, 9.17) is 9.84 Å². The zero-order chi connectivity index (χ0) is 14.9. The van der Waals surface area contributed by atoms with E-state index in [1.807, 2.05) is 4.90 Å². The lowest BCUT2D eigenvalue weighted by Crippen LogP contribution is -2.33. The molecule has 0 bridgehead atoms. The van der Waals surface area contributed by atoms with Crippen LogP contribution in [0.1, 0.15) is 51.4 Å². The van der Waals surface area contributed by atoms with E-state index in [9.17, 15) is 9.59 Å². The minimum atomic E-state index is -0.978. The van der Waals surface area contributed by atoms with Gasteiger partial charge in [0.1, 0.15) is 4.88 Å². The van der Waals surface area contributed by atoms with E-state index in [1.165, 1.54) is 6.07 Å². The number of carbonyl (C=O) groups is 2. The van der Waals surface area contributed by atoms with Gasteiger partial charge in [0.05, 0.1) is 10.5 Å². The molecule has 21 heavy (non-hydrogen) atoms. The molecule has 1 atom stereocenters. The van der Waals surface area contributed by atoms with Crippen LogP contribution in [0.2, 0.25) is 0 Å². The van der Waals surface area contributed by atoms with Crippen molar-refractivity contribution in [3.05, 3.63) is 21.9 Å². The van der Waals surface area contributed by atoms with Crippen molar-refractivity contribution < 1.29 is 19.4 Å². The average Bonchev–Trinajstić information content (AvgIpc) is 3.06. The lowest BCUT2D eigenvalue weighted by atomic mass is 9.92. The second kappa shape index (κ2) is 5.77. The highest BCUT2D eigenvalue weighted by Crippen LogP contribution is 2.36. The standard InChI is InChI=1S/C15H19NO4S/c17-13(11-3-4-12(21-11)14(18)19)16-8-1-5-15(7-9-16)6-2-10-20-15/h3-4H,1-2,5-10H2,(H,18,19). The number of rotatable bonds is 2. The van der Waals surface area contributed by atoms with Gasteiger partial charge in [0.15, 0.2) is 0 Å². The molecule has 114 valence electrons. The fourth-order valence-electron chi connectivity index (χ4n) is 3.24. The number of carboxylic acids is 1. The van der Waals surface area contributed by atoms with E-state index >= 15 is 0 Å². The predicted octanol–water partition coefficient (Wildman–Crippen LogP) is 2.62. The molecule has 0 saturated carbocycles. The summed E-state index contributed by atoms with van der Waals surface area (Å²) in [7, 11) is 0. The van der Waals surface area contributed by atoms with Crippen molar-refractivity contribution in [1.82, 2.24) is 4.90 Å². The molecule has 2 saturated heterocycles. The Hall–Kier alpha value is -1.40. The molecule has 0 aliphatic carbocycles. The third kappa shape index (κ3) is 2.96. The number of aromatic carboxylic acids is 1. The Morgan fingerprint density at radius 2 is 1.90 bits per heavy atom. The van der Waals surface area contributed by atoms with Crippen molar-refractivity contribution in [3.8, 4) is 0 Å². The average molecular weight is 309 g/mol. The minimum Gasteiger partial charge on any atom is -0.477 e. The van der Waals surface area contributed by atoms with Gasteiger partial charge in [-0.1, -0.05) is 0 Å². The largest absolute Gasteiger partial charge is 0.477 e. The quantitative estimate of drug-likeness (QED) is 0.912. The van der Waals surface area contributed by atoms with Crippen LogP contribution in [0.4, 0.5) is 0 Å². The summed E-state index contributed by atoms with van der Waals surface area (Å²) >= 11 is 1.05. The maximum Gasteiger partial charge on any atom is 0.345 e. The molecule has 2 aliphatic heterocycles. The van der Waals surface area contributed by atoms with Gasteiger partial charge in [0.25, 0.3) is 5.91 Å². The first-order valence-corrected chi connectivity index (χ1v) is 8.18. The Kier molecular flexibility index (Phi) is 3.99. The van der Waals surface area contributed by atoms with Gasteiger partial charge >= 0.3 is 5.97 Å². The van der Waals surface area contributed by atoms with Crippen molar-refractivity contribution in [1.29, 1.82) is 0 Å². The van der Waals surface area contributed by atoms with Crippen LogP contribution >= 0.6 is 11.3 Å². The van der Waals surface area contributed by atoms with Gasteiger partial charge in [-0.3, -0.25) is 4.79 Å². The van der Waals surface area contributed by atoms with Crippen LogP contribution in [0.25, 0.3) is 0 Å². The molecule has 0 radical (unpaired) electrons. The molecule has 1 aromatic heterocycles. The Morgan fingerprint density at radius 3 is 2.57 bits per heavy atom. The summed E-state index contributed by atoms with van der Waals surface area (Å²) in [6.07, 6.45) is 5.05. The number of hydrogen-bond donors (Lipinski definition) is 1. The Bertz CT molecular complexity index is 548. The summed E-state index contributed by atoms with van der Waals surface area (Å²) in [5, 5.41) is 8.94. The summed E-state index contributed by atoms with van der Waals surface area (Å²) < 4.78 is 5.92. The van der Waals surface area contributed by atoms with Crippen LogP contribution in [0, 0.1) is 0 Å². The number of amides is 1. The van der Waals surface area contributed by atoms with E-state index in [0.29, 0.717) is 11.4 Å². The van der Waals surface area contributed by atoms with Gasteiger partial charge in [-0.25, -0.2) is 4.79 Å². The van der Waals surface area contributed by atoms with Crippen molar-refractivity contribution in [2.24, 2.45) is 0 Å². The van der Waals surface area contributed by atoms with E-state index in [2.05, 4.69) is 0 Å². The van der Waals surface area contributed by atoms with Crippen molar-refractivity contribution in [2.45, 2.75) is 37.7 Å². The smallest absolute Gasteiger partial charge is 0.345 e. The SMILES string of the molecule is O=C(O)c1ccc(C(=O)N2CCCC3(CCCO3)CC2)s1. The van der Waals surface area contributed by atoms with Crippen LogP contribution < -0.4 is 0 Å². The third-order valence-corrected chi connectivity index (χ3v) is 5.46. The van der Waals surface area contributed by atoms with Gasteiger partial charge in [-0.15, -0.1) is 11.3 Å². The van der Waals surface area contributed by atoms with Gasteiger partial charge in [-0.2, -0.15) is 0 Å². The second-order valence-electron chi connectivity index (χ2n) is 5.75. The maximum absolute atomic E-state index is 12.5. The molecule has 2 aliphatic rings. The summed E-state index contributed by atoms with van der Waals surface area (Å²) in [5.41, 5.74) is -0.0172. The number of nitrogens with zero attached hydrogens (tertiary/aromatic N) is 1. The monoisotopic (exact) mass is 309 g/mol. The molecule has 2 fully saturated rings. The first-order chi connectivity index (χ1) is 10.1. The maximum atomic E-state index is 12.5. The number of hydrogen-bond acceptors (Lipinski definition) is 4. The molecule has 3 rings (SSSR count). The van der Waals surface area contributed by atoms with Gasteiger partial charge < -0.3 is 14.7 Å². The van der Waals surface area contributed by atoms with E-state index in [1.54, 1.807) is 6.07 Å². The lowest BCUT2D eigenvalue weighted by molar-refractivity contribution is -0.00691. The molecule has 6 heteroatoms. The van der Waals surface area contributed by atoms with Crippen molar-refractivity contribution in [2.75, 3.05) is 19.7 Å². The number of thiophene rings is 1. The molecular weight excluding hydrogens is 290 g/mol. The van der Waals surface area contributed by atoms with Gasteiger partial charge in [0, 0.05) is 19.7 Å². The molecule has 3 heterocycles. The molecule has 1 amide bonds. The number of likely N-dealkylation sites (tertiary alicyclic amines) is 1. The van der Waals surface area contributed by atoms with Gasteiger partial charge in [0.2, 0.25) is 0 Å². The lowest BCUT2D eigenvalue weighted by Gasteiger charge is -2.26. The second-order valence-corrected chi connectivity index (χ2v) is 6.83. The summed E-state index contributed by atoms with van der Waals surface area (Å²) in [6, 6.07) is 3.11. The van der Waals surface area contributed by atoms with Crippen LogP contribution in [0.3, 0.4) is 0 Å². The third-order valence-electron chi connectivity index (χ3n) is 4.40. The highest BCUT2D eigenvalue weighted by Gasteiger charge is 2.37. The predicted molar refractivity (Wildman–Crippen MR) is 78.9 cm³/mol. The highest BCUT2D eigenvalue weighted by atomic mass is 32.1. The normalized spacial score (nSPS) is 26.0. The highest BCUT2D eigenvalue weighted by molar-refractivity contribution is 7.15. The number of ether oxygens (including phenoxy) is 1. The van der Waals surface area contributed by atoms with Crippen LogP contribution in [0.15, 0.2) is 12.1 Å². The topological polar surface area (TPSA) is 66.8 Å². The Balaban J connectivity index is 1.68. The van der Waals surface area contributed by atoms with Crippen LogP contribution in [0.5, 0.6) is 0 Å². The molecule has 1 unspecified atom stereocenters. The zero-order valence-electron chi connectivity index (χ0n) is 11.8. The molecule has 1 aromatic rings. The summed E-state index contributed by atoms with van der Waals surface area (Å²) in [5.74, 6) is -1.03. The first kappa shape index (κ1) is 14.5. The van der Waals surface area contributed by atoms with E-state index < -0.39 is 5.97 Å². The van der Waals surface area contributed by atoms with Crippen molar-refractivity contribution in [3.63, 3.8) is 0 Å². The fourth-order valence-corrected chi connectivity index (χ4v) is 4.06. The first-order valence-electron chi connectivity index (χ1n) is 7.36. The Morgan fingerprint density at radius 1 is 1.14 bits per heavy atom. The Labute approximate surface area is 127 Å². The number of carboxylic acid groups (broad SMARTS) is 1. The molecule has 5 nitrogen and oxygen atoms in total. The van der Waals surface area contributed by atoms with Gasteiger partial charge in [-0.05, 0) is 44.2 Å². The van der Waals surface area contributed by atoms with Crippen molar-refractivity contribution >= 4 is 23.2 Å². The summed E-state index contributed by atoms with van der Waals surface area (Å²) in [6.45, 7) is 2.25. The van der Waals surface area contributed by atoms with Crippen LogP contribution in [-0.4, -0.2) is 47.2 Å². The molecular formula is C15H19NO4S. The van der Waals surface area contributed by atoms with E-state index in [0.717, 1.165) is 56.6 Å². The molecule has 1 N–H and O–H groups in total. The summed E-state index contributed by atoms with van der Waals surface area (Å²) in [4.78, 5) is 26.0. The number of carbonyl (C=O) groups excluding carboxylic acids is 1.